The molecule has 0 saturated heterocycles. The Balaban J connectivity index is 2.06. The van der Waals surface area contributed by atoms with E-state index in [9.17, 15) is 4.79 Å². The first-order valence-electron chi connectivity index (χ1n) is 8.55. The van der Waals surface area contributed by atoms with Crippen LogP contribution in [0.2, 0.25) is 0 Å². The van der Waals surface area contributed by atoms with E-state index in [0.717, 1.165) is 12.0 Å². The smallest absolute Gasteiger partial charge is 0.333 e. The van der Waals surface area contributed by atoms with E-state index in [1.54, 1.807) is 6.92 Å². The number of fused-ring (bicyclic) bond motifs is 2. The van der Waals surface area contributed by atoms with Crippen molar-refractivity contribution in [2.45, 2.75) is 26.4 Å². The zero-order valence-electron chi connectivity index (χ0n) is 14.7. The Bertz CT molecular complexity index is 912. The number of esters is 1. The molecule has 0 aromatic heterocycles. The lowest BCUT2D eigenvalue weighted by Crippen LogP contribution is -2.15. The zero-order valence-corrected chi connectivity index (χ0v) is 14.7. The maximum Gasteiger partial charge on any atom is 0.333 e. The number of carbonyl (C=O) groups is 1. The van der Waals surface area contributed by atoms with Gasteiger partial charge in [0.15, 0.2) is 0 Å². The Labute approximate surface area is 148 Å². The lowest BCUT2D eigenvalue weighted by molar-refractivity contribution is -0.142. The average Bonchev–Trinajstić information content (AvgIpc) is 2.63. The fraction of sp³-hybridized carbons (Fsp3) is 0.174. The van der Waals surface area contributed by atoms with Crippen molar-refractivity contribution >= 4 is 33.6 Å². The normalized spacial score (nSPS) is 12.6. The van der Waals surface area contributed by atoms with Gasteiger partial charge in [-0.2, -0.15) is 0 Å². The molecule has 0 bridgehead atoms. The van der Waals surface area contributed by atoms with Crippen molar-refractivity contribution in [3.63, 3.8) is 0 Å². The van der Waals surface area contributed by atoms with Crippen molar-refractivity contribution in [2.75, 3.05) is 0 Å². The summed E-state index contributed by atoms with van der Waals surface area (Å²) in [4.78, 5) is 11.8. The Morgan fingerprint density at radius 2 is 1.64 bits per heavy atom. The van der Waals surface area contributed by atoms with Crippen LogP contribution in [0.25, 0.3) is 27.6 Å². The van der Waals surface area contributed by atoms with E-state index < -0.39 is 0 Å². The van der Waals surface area contributed by atoms with Crippen molar-refractivity contribution in [3.05, 3.63) is 78.4 Å². The topological polar surface area (TPSA) is 26.3 Å². The highest BCUT2D eigenvalue weighted by atomic mass is 16.5. The van der Waals surface area contributed by atoms with Gasteiger partial charge >= 0.3 is 5.97 Å². The molecule has 0 spiro atoms. The molecule has 0 saturated carbocycles. The highest BCUT2D eigenvalue weighted by molar-refractivity contribution is 6.06. The fourth-order valence-electron chi connectivity index (χ4n) is 2.93. The van der Waals surface area contributed by atoms with Crippen LogP contribution in [0.1, 0.15) is 25.8 Å². The fourth-order valence-corrected chi connectivity index (χ4v) is 2.93. The number of hydrogen-bond donors (Lipinski definition) is 0. The van der Waals surface area contributed by atoms with Crippen LogP contribution in [-0.4, -0.2) is 12.1 Å². The van der Waals surface area contributed by atoms with Gasteiger partial charge in [-0.1, -0.05) is 68.1 Å². The molecule has 0 heterocycles. The van der Waals surface area contributed by atoms with Gasteiger partial charge in [0.25, 0.3) is 0 Å². The summed E-state index contributed by atoms with van der Waals surface area (Å²) in [7, 11) is 0. The average molecular weight is 330 g/mol. The zero-order chi connectivity index (χ0) is 17.8. The molecule has 126 valence electrons. The van der Waals surface area contributed by atoms with Gasteiger partial charge in [0.1, 0.15) is 6.10 Å². The molecule has 0 aliphatic rings. The maximum absolute atomic E-state index is 11.8. The SMILES string of the molecule is C=C(C)C(=O)OC(/C=C/c1c2ccccc2cc2ccccc12)CC. The molecule has 0 aliphatic heterocycles. The Kier molecular flexibility index (Phi) is 4.99. The van der Waals surface area contributed by atoms with Crippen molar-refractivity contribution < 1.29 is 9.53 Å². The first-order valence-corrected chi connectivity index (χ1v) is 8.55. The van der Waals surface area contributed by atoms with Gasteiger partial charge in [0, 0.05) is 5.57 Å². The first kappa shape index (κ1) is 17.0. The summed E-state index contributed by atoms with van der Waals surface area (Å²) in [5, 5.41) is 4.79. The molecular formula is C23H22O2. The minimum absolute atomic E-state index is 0.262. The molecule has 0 aliphatic carbocycles. The van der Waals surface area contributed by atoms with Crippen molar-refractivity contribution in [1.82, 2.24) is 0 Å². The minimum Gasteiger partial charge on any atom is -0.455 e. The summed E-state index contributed by atoms with van der Waals surface area (Å²) in [5.41, 5.74) is 1.57. The highest BCUT2D eigenvalue weighted by Crippen LogP contribution is 2.29. The second kappa shape index (κ2) is 7.35. The molecule has 3 aromatic rings. The van der Waals surface area contributed by atoms with Gasteiger partial charge < -0.3 is 4.74 Å². The van der Waals surface area contributed by atoms with Gasteiger partial charge in [-0.25, -0.2) is 4.79 Å². The predicted molar refractivity (Wildman–Crippen MR) is 105 cm³/mol. The molecule has 0 amide bonds. The second-order valence-electron chi connectivity index (χ2n) is 6.22. The number of hydrogen-bond acceptors (Lipinski definition) is 2. The molecule has 2 nitrogen and oxygen atoms in total. The quantitative estimate of drug-likeness (QED) is 0.330. The van der Waals surface area contributed by atoms with Gasteiger partial charge in [-0.3, -0.25) is 0 Å². The molecule has 0 N–H and O–H groups in total. The van der Waals surface area contributed by atoms with Crippen LogP contribution in [0.4, 0.5) is 0 Å². The largest absolute Gasteiger partial charge is 0.455 e. The van der Waals surface area contributed by atoms with E-state index in [4.69, 9.17) is 4.74 Å². The summed E-state index contributed by atoms with van der Waals surface area (Å²) in [6, 6.07) is 18.9. The van der Waals surface area contributed by atoms with E-state index in [-0.39, 0.29) is 12.1 Å². The molecule has 25 heavy (non-hydrogen) atoms. The molecular weight excluding hydrogens is 308 g/mol. The van der Waals surface area contributed by atoms with E-state index in [2.05, 4.69) is 43.0 Å². The van der Waals surface area contributed by atoms with E-state index >= 15 is 0 Å². The number of rotatable bonds is 5. The van der Waals surface area contributed by atoms with Crippen LogP contribution >= 0.6 is 0 Å². The Hall–Kier alpha value is -2.87. The Morgan fingerprint density at radius 1 is 1.08 bits per heavy atom. The van der Waals surface area contributed by atoms with Crippen molar-refractivity contribution in [3.8, 4) is 0 Å². The molecule has 3 aromatic carbocycles. The van der Waals surface area contributed by atoms with Crippen molar-refractivity contribution in [1.29, 1.82) is 0 Å². The second-order valence-corrected chi connectivity index (χ2v) is 6.22. The molecule has 3 rings (SSSR count). The third kappa shape index (κ3) is 3.63. The van der Waals surface area contributed by atoms with Crippen LogP contribution in [0.3, 0.4) is 0 Å². The van der Waals surface area contributed by atoms with Gasteiger partial charge in [-0.05, 0) is 52.6 Å². The molecule has 1 atom stereocenters. The molecule has 2 heteroatoms. The van der Waals surface area contributed by atoms with Crippen LogP contribution in [0.5, 0.6) is 0 Å². The summed E-state index contributed by atoms with van der Waals surface area (Å²) in [6.07, 6.45) is 4.50. The first-order chi connectivity index (χ1) is 12.1. The van der Waals surface area contributed by atoms with Crippen LogP contribution < -0.4 is 0 Å². The molecule has 0 radical (unpaired) electrons. The lowest BCUT2D eigenvalue weighted by Gasteiger charge is -2.13. The van der Waals surface area contributed by atoms with Crippen LogP contribution in [-0.2, 0) is 9.53 Å². The third-order valence-corrected chi connectivity index (χ3v) is 4.30. The summed E-state index contributed by atoms with van der Waals surface area (Å²) in [6.45, 7) is 7.31. The van der Waals surface area contributed by atoms with Gasteiger partial charge in [0.2, 0.25) is 0 Å². The van der Waals surface area contributed by atoms with E-state index in [1.165, 1.54) is 21.5 Å². The number of carbonyl (C=O) groups excluding carboxylic acids is 1. The highest BCUT2D eigenvalue weighted by Gasteiger charge is 2.11. The maximum atomic E-state index is 11.8. The standard InChI is InChI=1S/C23H22O2/c1-4-19(25-23(24)16(2)3)13-14-22-20-11-7-5-9-17(20)15-18-10-6-8-12-21(18)22/h5-15,19H,2,4H2,1,3H3/b14-13+. The van der Waals surface area contributed by atoms with Gasteiger partial charge in [-0.15, -0.1) is 0 Å². The number of benzene rings is 3. The van der Waals surface area contributed by atoms with Crippen molar-refractivity contribution in [2.24, 2.45) is 0 Å². The molecule has 0 fully saturated rings. The van der Waals surface area contributed by atoms with Gasteiger partial charge in [0.05, 0.1) is 0 Å². The Morgan fingerprint density at radius 3 is 2.16 bits per heavy atom. The van der Waals surface area contributed by atoms with E-state index in [1.807, 2.05) is 37.3 Å². The lowest BCUT2D eigenvalue weighted by atomic mass is 9.96. The van der Waals surface area contributed by atoms with Crippen LogP contribution in [0.15, 0.2) is 72.8 Å². The summed E-state index contributed by atoms with van der Waals surface area (Å²) < 4.78 is 5.48. The minimum atomic E-state index is -0.348. The molecule has 1 unspecified atom stereocenters. The third-order valence-electron chi connectivity index (χ3n) is 4.30. The monoisotopic (exact) mass is 330 g/mol. The predicted octanol–water partition coefficient (Wildman–Crippen LogP) is 5.90. The number of ether oxygens (including phenoxy) is 1. The summed E-state index contributed by atoms with van der Waals surface area (Å²) in [5.74, 6) is -0.348. The van der Waals surface area contributed by atoms with E-state index in [0.29, 0.717) is 5.57 Å². The van der Waals surface area contributed by atoms with Crippen LogP contribution in [0, 0.1) is 0 Å². The summed E-state index contributed by atoms with van der Waals surface area (Å²) >= 11 is 0.